The highest BCUT2D eigenvalue weighted by molar-refractivity contribution is 5.92. The SMILES string of the molecule is COCCCNc1cc(C(F)(F)F)ccc1NC(C)=O. The Kier molecular flexibility index (Phi) is 5.82. The third-order valence-electron chi connectivity index (χ3n) is 2.50. The van der Waals surface area contributed by atoms with E-state index in [1.807, 2.05) is 0 Å². The summed E-state index contributed by atoms with van der Waals surface area (Å²) in [6.07, 6.45) is -3.77. The van der Waals surface area contributed by atoms with Crippen molar-refractivity contribution in [3.8, 4) is 0 Å². The monoisotopic (exact) mass is 290 g/mol. The molecule has 0 aliphatic rings. The summed E-state index contributed by atoms with van der Waals surface area (Å²) in [6.45, 7) is 2.25. The van der Waals surface area contributed by atoms with E-state index in [-0.39, 0.29) is 11.6 Å². The summed E-state index contributed by atoms with van der Waals surface area (Å²) in [7, 11) is 1.55. The molecule has 0 spiro atoms. The van der Waals surface area contributed by atoms with Crippen LogP contribution < -0.4 is 10.6 Å². The van der Waals surface area contributed by atoms with Crippen molar-refractivity contribution in [3.05, 3.63) is 23.8 Å². The van der Waals surface area contributed by atoms with E-state index in [9.17, 15) is 18.0 Å². The minimum Gasteiger partial charge on any atom is -0.385 e. The van der Waals surface area contributed by atoms with Crippen molar-refractivity contribution in [3.63, 3.8) is 0 Å². The average Bonchev–Trinajstić information content (AvgIpc) is 2.34. The molecule has 0 bridgehead atoms. The molecule has 1 amide bonds. The van der Waals surface area contributed by atoms with E-state index in [4.69, 9.17) is 4.74 Å². The van der Waals surface area contributed by atoms with Gasteiger partial charge in [-0.25, -0.2) is 0 Å². The number of methoxy groups -OCH3 is 1. The Bertz CT molecular complexity index is 461. The molecule has 2 N–H and O–H groups in total. The molecule has 0 aliphatic carbocycles. The molecule has 1 aromatic carbocycles. The zero-order valence-corrected chi connectivity index (χ0v) is 11.3. The Morgan fingerprint density at radius 1 is 1.30 bits per heavy atom. The van der Waals surface area contributed by atoms with Gasteiger partial charge in [0.15, 0.2) is 0 Å². The first kappa shape index (κ1) is 16.3. The lowest BCUT2D eigenvalue weighted by Crippen LogP contribution is -2.13. The molecular formula is C13H17F3N2O2. The maximum atomic E-state index is 12.7. The molecule has 112 valence electrons. The molecule has 1 rings (SSSR count). The zero-order valence-electron chi connectivity index (χ0n) is 11.3. The van der Waals surface area contributed by atoms with E-state index in [1.54, 1.807) is 7.11 Å². The van der Waals surface area contributed by atoms with Crippen molar-refractivity contribution in [2.24, 2.45) is 0 Å². The molecule has 4 nitrogen and oxygen atoms in total. The summed E-state index contributed by atoms with van der Waals surface area (Å²) in [6, 6.07) is 3.16. The van der Waals surface area contributed by atoms with Crippen molar-refractivity contribution in [2.75, 3.05) is 30.9 Å². The Hall–Kier alpha value is -1.76. The molecule has 0 saturated carbocycles. The van der Waals surface area contributed by atoms with E-state index in [0.29, 0.717) is 25.3 Å². The van der Waals surface area contributed by atoms with Crippen molar-refractivity contribution < 1.29 is 22.7 Å². The van der Waals surface area contributed by atoms with Gasteiger partial charge in [-0.2, -0.15) is 13.2 Å². The van der Waals surface area contributed by atoms with Crippen molar-refractivity contribution in [1.29, 1.82) is 0 Å². The maximum absolute atomic E-state index is 12.7. The van der Waals surface area contributed by atoms with Gasteiger partial charge in [-0.05, 0) is 24.6 Å². The predicted octanol–water partition coefficient (Wildman–Crippen LogP) is 3.11. The molecular weight excluding hydrogens is 273 g/mol. The molecule has 1 aromatic rings. The number of alkyl halides is 3. The van der Waals surface area contributed by atoms with Gasteiger partial charge in [0.1, 0.15) is 0 Å². The van der Waals surface area contributed by atoms with E-state index in [1.165, 1.54) is 13.0 Å². The van der Waals surface area contributed by atoms with Gasteiger partial charge < -0.3 is 15.4 Å². The van der Waals surface area contributed by atoms with Gasteiger partial charge >= 0.3 is 6.18 Å². The summed E-state index contributed by atoms with van der Waals surface area (Å²) < 4.78 is 42.9. The maximum Gasteiger partial charge on any atom is 0.416 e. The molecule has 0 radical (unpaired) electrons. The molecule has 20 heavy (non-hydrogen) atoms. The topological polar surface area (TPSA) is 50.4 Å². The molecule has 0 aromatic heterocycles. The number of ether oxygens (including phenoxy) is 1. The number of halogens is 3. The molecule has 0 aliphatic heterocycles. The molecule has 0 atom stereocenters. The van der Waals surface area contributed by atoms with Crippen molar-refractivity contribution in [2.45, 2.75) is 19.5 Å². The van der Waals surface area contributed by atoms with Crippen LogP contribution in [0.15, 0.2) is 18.2 Å². The highest BCUT2D eigenvalue weighted by atomic mass is 19.4. The fraction of sp³-hybridized carbons (Fsp3) is 0.462. The summed E-state index contributed by atoms with van der Waals surface area (Å²) >= 11 is 0. The molecule has 0 fully saturated rings. The third-order valence-corrected chi connectivity index (χ3v) is 2.50. The molecule has 0 heterocycles. The quantitative estimate of drug-likeness (QED) is 0.791. The van der Waals surface area contributed by atoms with Crippen molar-refractivity contribution >= 4 is 17.3 Å². The van der Waals surface area contributed by atoms with E-state index in [2.05, 4.69) is 10.6 Å². The van der Waals surface area contributed by atoms with Crippen LogP contribution in [-0.4, -0.2) is 26.2 Å². The number of anilines is 2. The van der Waals surface area contributed by atoms with E-state index >= 15 is 0 Å². The number of benzene rings is 1. The van der Waals surface area contributed by atoms with Gasteiger partial charge in [0.05, 0.1) is 16.9 Å². The first-order chi connectivity index (χ1) is 9.34. The zero-order chi connectivity index (χ0) is 15.2. The highest BCUT2D eigenvalue weighted by Crippen LogP contribution is 2.34. The summed E-state index contributed by atoms with van der Waals surface area (Å²) in [5, 5.41) is 5.36. The van der Waals surface area contributed by atoms with Crippen molar-refractivity contribution in [1.82, 2.24) is 0 Å². The highest BCUT2D eigenvalue weighted by Gasteiger charge is 2.31. The van der Waals surface area contributed by atoms with Gasteiger partial charge in [-0.3, -0.25) is 4.79 Å². The van der Waals surface area contributed by atoms with Crippen LogP contribution in [-0.2, 0) is 15.7 Å². The van der Waals surface area contributed by atoms with Crippen LogP contribution in [0.25, 0.3) is 0 Å². The second-order valence-corrected chi connectivity index (χ2v) is 4.21. The number of carbonyl (C=O) groups excluding carboxylic acids is 1. The molecule has 7 heteroatoms. The Morgan fingerprint density at radius 3 is 2.55 bits per heavy atom. The minimum atomic E-state index is -4.42. The van der Waals surface area contributed by atoms with Gasteiger partial charge in [0.25, 0.3) is 0 Å². The number of amides is 1. The summed E-state index contributed by atoms with van der Waals surface area (Å²) in [5.41, 5.74) is -0.199. The Balaban J connectivity index is 2.91. The number of hydrogen-bond donors (Lipinski definition) is 2. The Labute approximate surface area is 115 Å². The van der Waals surface area contributed by atoms with Crippen LogP contribution in [0.2, 0.25) is 0 Å². The third kappa shape index (κ3) is 5.08. The van der Waals surface area contributed by atoms with Crippen LogP contribution in [0.5, 0.6) is 0 Å². The van der Waals surface area contributed by atoms with Gasteiger partial charge in [-0.1, -0.05) is 0 Å². The first-order valence-electron chi connectivity index (χ1n) is 6.06. The summed E-state index contributed by atoms with van der Waals surface area (Å²) in [4.78, 5) is 11.0. The summed E-state index contributed by atoms with van der Waals surface area (Å²) in [5.74, 6) is -0.343. The normalized spacial score (nSPS) is 11.2. The fourth-order valence-corrected chi connectivity index (χ4v) is 1.61. The van der Waals surface area contributed by atoms with Crippen LogP contribution in [0.4, 0.5) is 24.5 Å². The number of hydrogen-bond acceptors (Lipinski definition) is 3. The van der Waals surface area contributed by atoms with Gasteiger partial charge in [-0.15, -0.1) is 0 Å². The number of carbonyl (C=O) groups is 1. The minimum absolute atomic E-state index is 0.242. The van der Waals surface area contributed by atoms with Crippen LogP contribution in [0, 0.1) is 0 Å². The average molecular weight is 290 g/mol. The standard InChI is InChI=1S/C13H17F3N2O2/c1-9(19)18-11-5-4-10(13(14,15)16)8-12(11)17-6-3-7-20-2/h4-5,8,17H,3,6-7H2,1-2H3,(H,18,19). The first-order valence-corrected chi connectivity index (χ1v) is 6.06. The van der Waals surface area contributed by atoms with Crippen LogP contribution in [0.1, 0.15) is 18.9 Å². The fourth-order valence-electron chi connectivity index (χ4n) is 1.61. The van der Waals surface area contributed by atoms with E-state index < -0.39 is 11.7 Å². The van der Waals surface area contributed by atoms with Gasteiger partial charge in [0, 0.05) is 27.2 Å². The molecule has 0 saturated heterocycles. The smallest absolute Gasteiger partial charge is 0.385 e. The van der Waals surface area contributed by atoms with E-state index in [0.717, 1.165) is 12.1 Å². The largest absolute Gasteiger partial charge is 0.416 e. The lowest BCUT2D eigenvalue weighted by atomic mass is 10.1. The number of rotatable bonds is 6. The van der Waals surface area contributed by atoms with Gasteiger partial charge in [0.2, 0.25) is 5.91 Å². The Morgan fingerprint density at radius 2 is 2.00 bits per heavy atom. The molecule has 0 unspecified atom stereocenters. The lowest BCUT2D eigenvalue weighted by molar-refractivity contribution is -0.137. The second kappa shape index (κ2) is 7.14. The lowest BCUT2D eigenvalue weighted by Gasteiger charge is -2.15. The number of nitrogens with one attached hydrogen (secondary N) is 2. The predicted molar refractivity (Wildman–Crippen MR) is 70.7 cm³/mol. The van der Waals surface area contributed by atoms with Crippen LogP contribution >= 0.6 is 0 Å². The van der Waals surface area contributed by atoms with Crippen LogP contribution in [0.3, 0.4) is 0 Å². The second-order valence-electron chi connectivity index (χ2n) is 4.21.